The maximum atomic E-state index is 12.1. The summed E-state index contributed by atoms with van der Waals surface area (Å²) >= 11 is 3.18. The normalized spacial score (nSPS) is 10.6. The molecule has 0 radical (unpaired) electrons. The molecule has 3 aromatic rings. The first kappa shape index (κ1) is 17.2. The molecule has 0 spiro atoms. The lowest BCUT2D eigenvalue weighted by molar-refractivity contribution is 0.102. The van der Waals surface area contributed by atoms with Gasteiger partial charge in [0, 0.05) is 17.0 Å². The molecular formula is C19H16BrNO4. The van der Waals surface area contributed by atoms with Gasteiger partial charge in [-0.15, -0.1) is 0 Å². The van der Waals surface area contributed by atoms with E-state index in [9.17, 15) is 9.59 Å². The second-order valence-corrected chi connectivity index (χ2v) is 5.98. The number of rotatable bonds is 6. The summed E-state index contributed by atoms with van der Waals surface area (Å²) in [5.41, 5.74) is 1.78. The summed E-state index contributed by atoms with van der Waals surface area (Å²) in [5.74, 6) is 1.24. The lowest BCUT2D eigenvalue weighted by Gasteiger charge is -2.12. The fourth-order valence-corrected chi connectivity index (χ4v) is 2.85. The van der Waals surface area contributed by atoms with Crippen LogP contribution < -0.4 is 15.0 Å². The molecule has 1 aromatic heterocycles. The third kappa shape index (κ3) is 3.74. The maximum Gasteiger partial charge on any atom is 0.248 e. The number of nitrogens with one attached hydrogen (secondary N) is 1. The van der Waals surface area contributed by atoms with Gasteiger partial charge in [-0.1, -0.05) is 28.1 Å². The van der Waals surface area contributed by atoms with Crippen LogP contribution in [0.4, 0.5) is 0 Å². The van der Waals surface area contributed by atoms with Crippen molar-refractivity contribution >= 4 is 32.6 Å². The molecule has 6 heteroatoms. The van der Waals surface area contributed by atoms with Crippen molar-refractivity contribution in [1.82, 2.24) is 4.98 Å². The molecule has 0 bridgehead atoms. The van der Waals surface area contributed by atoms with Crippen LogP contribution in [0, 0.1) is 0 Å². The van der Waals surface area contributed by atoms with Crippen molar-refractivity contribution in [3.05, 3.63) is 70.0 Å². The fraction of sp³-hybridized carbons (Fsp3) is 0.158. The van der Waals surface area contributed by atoms with Crippen LogP contribution in [0.1, 0.15) is 15.9 Å². The van der Waals surface area contributed by atoms with Crippen molar-refractivity contribution in [3.63, 3.8) is 0 Å². The highest BCUT2D eigenvalue weighted by atomic mass is 79.9. The Morgan fingerprint density at radius 1 is 1.08 bits per heavy atom. The Balaban J connectivity index is 1.94. The summed E-state index contributed by atoms with van der Waals surface area (Å²) in [6, 6.07) is 14.0. The van der Waals surface area contributed by atoms with Gasteiger partial charge >= 0.3 is 0 Å². The molecule has 1 N–H and O–H groups in total. The molecule has 0 fully saturated rings. The topological polar surface area (TPSA) is 68.4 Å². The monoisotopic (exact) mass is 401 g/mol. The van der Waals surface area contributed by atoms with E-state index in [4.69, 9.17) is 9.47 Å². The number of Topliss-reactive ketones (excluding diaryl/α,β-unsaturated/α-hetero) is 1. The predicted octanol–water partition coefficient (Wildman–Crippen LogP) is 3.69. The number of hydrogen-bond acceptors (Lipinski definition) is 4. The van der Waals surface area contributed by atoms with Gasteiger partial charge in [0.15, 0.2) is 5.78 Å². The van der Waals surface area contributed by atoms with Gasteiger partial charge < -0.3 is 14.5 Å². The van der Waals surface area contributed by atoms with Crippen molar-refractivity contribution in [2.45, 2.75) is 6.61 Å². The van der Waals surface area contributed by atoms with Gasteiger partial charge in [-0.2, -0.15) is 0 Å². The van der Waals surface area contributed by atoms with E-state index in [0.717, 1.165) is 11.3 Å². The standard InChI is InChI=1S/C19H16BrNO4/c1-24-13-4-2-12(3-5-13)11-25-17-8-6-14(16(22)10-20)15-7-9-18(23)21-19(15)17/h2-9H,10-11H2,1H3,(H,21,23). The molecule has 2 aromatic carbocycles. The van der Waals surface area contributed by atoms with Crippen LogP contribution in [0.25, 0.3) is 10.9 Å². The van der Waals surface area contributed by atoms with Gasteiger partial charge in [-0.3, -0.25) is 9.59 Å². The minimum Gasteiger partial charge on any atom is -0.497 e. The van der Waals surface area contributed by atoms with E-state index in [0.29, 0.717) is 28.8 Å². The first-order chi connectivity index (χ1) is 12.1. The zero-order valence-corrected chi connectivity index (χ0v) is 15.1. The summed E-state index contributed by atoms with van der Waals surface area (Å²) in [6.45, 7) is 0.335. The third-order valence-electron chi connectivity index (χ3n) is 3.83. The number of aromatic amines is 1. The van der Waals surface area contributed by atoms with Gasteiger partial charge in [0.25, 0.3) is 0 Å². The molecule has 0 atom stereocenters. The molecule has 0 unspecified atom stereocenters. The first-order valence-electron chi connectivity index (χ1n) is 7.63. The average molecular weight is 402 g/mol. The Hall–Kier alpha value is -2.60. The number of fused-ring (bicyclic) bond motifs is 1. The average Bonchev–Trinajstić information content (AvgIpc) is 2.65. The molecule has 0 aliphatic rings. The number of aromatic nitrogens is 1. The summed E-state index contributed by atoms with van der Waals surface area (Å²) in [4.78, 5) is 26.5. The van der Waals surface area contributed by atoms with Gasteiger partial charge in [-0.05, 0) is 35.9 Å². The van der Waals surface area contributed by atoms with Crippen LogP contribution in [0.2, 0.25) is 0 Å². The van der Waals surface area contributed by atoms with Gasteiger partial charge in [-0.25, -0.2) is 0 Å². The van der Waals surface area contributed by atoms with Crippen molar-refractivity contribution < 1.29 is 14.3 Å². The van der Waals surface area contributed by atoms with Crippen LogP contribution >= 0.6 is 15.9 Å². The first-order valence-corrected chi connectivity index (χ1v) is 8.75. The number of carbonyl (C=O) groups is 1. The Morgan fingerprint density at radius 2 is 1.84 bits per heavy atom. The summed E-state index contributed by atoms with van der Waals surface area (Å²) in [7, 11) is 1.61. The van der Waals surface area contributed by atoms with Crippen molar-refractivity contribution in [2.75, 3.05) is 12.4 Å². The molecule has 3 rings (SSSR count). The van der Waals surface area contributed by atoms with E-state index < -0.39 is 0 Å². The number of ether oxygens (including phenoxy) is 2. The highest BCUT2D eigenvalue weighted by Gasteiger charge is 2.13. The number of H-pyrrole nitrogens is 1. The second-order valence-electron chi connectivity index (χ2n) is 5.42. The van der Waals surface area contributed by atoms with Crippen molar-refractivity contribution in [2.24, 2.45) is 0 Å². The zero-order chi connectivity index (χ0) is 17.8. The van der Waals surface area contributed by atoms with Crippen molar-refractivity contribution in [1.29, 1.82) is 0 Å². The zero-order valence-electron chi connectivity index (χ0n) is 13.5. The molecule has 0 aliphatic heterocycles. The maximum absolute atomic E-state index is 12.1. The van der Waals surface area contributed by atoms with E-state index in [2.05, 4.69) is 20.9 Å². The van der Waals surface area contributed by atoms with Gasteiger partial charge in [0.2, 0.25) is 5.56 Å². The quantitative estimate of drug-likeness (QED) is 0.505. The number of benzene rings is 2. The molecule has 25 heavy (non-hydrogen) atoms. The molecule has 0 aliphatic carbocycles. The number of pyridine rings is 1. The molecule has 128 valence electrons. The largest absolute Gasteiger partial charge is 0.497 e. The Kier molecular flexibility index (Phi) is 5.19. The van der Waals surface area contributed by atoms with E-state index in [1.165, 1.54) is 6.07 Å². The van der Waals surface area contributed by atoms with Crippen LogP contribution in [-0.4, -0.2) is 23.2 Å². The van der Waals surface area contributed by atoms with Crippen LogP contribution in [0.5, 0.6) is 11.5 Å². The molecule has 1 heterocycles. The lowest BCUT2D eigenvalue weighted by atomic mass is 10.0. The Bertz CT molecular complexity index is 963. The number of hydrogen-bond donors (Lipinski definition) is 1. The Morgan fingerprint density at radius 3 is 2.52 bits per heavy atom. The molecule has 0 saturated carbocycles. The fourth-order valence-electron chi connectivity index (χ4n) is 2.54. The summed E-state index contributed by atoms with van der Waals surface area (Å²) in [6.07, 6.45) is 0. The van der Waals surface area contributed by atoms with Crippen LogP contribution in [0.3, 0.4) is 0 Å². The number of methoxy groups -OCH3 is 1. The van der Waals surface area contributed by atoms with E-state index >= 15 is 0 Å². The SMILES string of the molecule is COc1ccc(COc2ccc(C(=O)CBr)c3ccc(=O)[nH]c23)cc1. The predicted molar refractivity (Wildman–Crippen MR) is 100 cm³/mol. The van der Waals surface area contributed by atoms with Crippen molar-refractivity contribution in [3.8, 4) is 11.5 Å². The summed E-state index contributed by atoms with van der Waals surface area (Å²) in [5, 5.41) is 0.879. The summed E-state index contributed by atoms with van der Waals surface area (Å²) < 4.78 is 11.0. The van der Waals surface area contributed by atoms with Crippen LogP contribution in [0.15, 0.2) is 53.3 Å². The molecule has 5 nitrogen and oxygen atoms in total. The molecule has 0 amide bonds. The smallest absolute Gasteiger partial charge is 0.248 e. The second kappa shape index (κ2) is 7.53. The Labute approximate surface area is 152 Å². The van der Waals surface area contributed by atoms with Gasteiger partial charge in [0.05, 0.1) is 18.0 Å². The number of halogens is 1. The number of alkyl halides is 1. The molecule has 0 saturated heterocycles. The highest BCUT2D eigenvalue weighted by Crippen LogP contribution is 2.27. The number of carbonyl (C=O) groups excluding carboxylic acids is 1. The lowest BCUT2D eigenvalue weighted by Crippen LogP contribution is -2.08. The van der Waals surface area contributed by atoms with Gasteiger partial charge in [0.1, 0.15) is 18.1 Å². The number of ketones is 1. The third-order valence-corrected chi connectivity index (χ3v) is 4.34. The van der Waals surface area contributed by atoms with E-state index in [1.54, 1.807) is 25.3 Å². The van der Waals surface area contributed by atoms with Crippen LogP contribution in [-0.2, 0) is 6.61 Å². The van der Waals surface area contributed by atoms with E-state index in [1.807, 2.05) is 24.3 Å². The highest BCUT2D eigenvalue weighted by molar-refractivity contribution is 9.09. The van der Waals surface area contributed by atoms with E-state index in [-0.39, 0.29) is 16.7 Å². The molecular weight excluding hydrogens is 386 g/mol. The minimum atomic E-state index is -0.245. The minimum absolute atomic E-state index is 0.0567.